The molecule has 0 spiro atoms. The lowest BCUT2D eigenvalue weighted by molar-refractivity contribution is -0.00000573. The van der Waals surface area contributed by atoms with Crippen LogP contribution in [0.25, 0.3) is 33.4 Å². The molecule has 0 bridgehead atoms. The molecule has 2 aromatic carbocycles. The second-order valence-corrected chi connectivity index (χ2v) is 6.99. The average Bonchev–Trinajstić information content (AvgIpc) is 2.65. The van der Waals surface area contributed by atoms with Gasteiger partial charge in [-0.3, -0.25) is 0 Å². The third-order valence-corrected chi connectivity index (χ3v) is 4.78. The highest BCUT2D eigenvalue weighted by Crippen LogP contribution is 2.40. The molecule has 1 aliphatic carbocycles. The third-order valence-electron chi connectivity index (χ3n) is 4.78. The zero-order valence-corrected chi connectivity index (χ0v) is 17.6. The number of benzene rings is 3. The molecule has 4 heteroatoms. The fourth-order valence-electron chi connectivity index (χ4n) is 3.34. The van der Waals surface area contributed by atoms with Crippen molar-refractivity contribution in [3.8, 4) is 22.5 Å². The van der Waals surface area contributed by atoms with Gasteiger partial charge in [-0.25, -0.2) is 4.58 Å². The van der Waals surface area contributed by atoms with Gasteiger partial charge in [-0.15, -0.1) is 0 Å². The number of nitrogens with zero attached hydrogens (tertiary/aromatic N) is 2. The summed E-state index contributed by atoms with van der Waals surface area (Å²) in [6.45, 7) is 0. The smallest absolute Gasteiger partial charge is 0.203 e. The Bertz CT molecular complexity index is 1130. The zero-order chi connectivity index (χ0) is 18.3. The van der Waals surface area contributed by atoms with Gasteiger partial charge < -0.3 is 26.3 Å². The van der Waals surface area contributed by atoms with Crippen molar-refractivity contribution in [3.05, 3.63) is 72.1 Å². The average molecular weight is 423 g/mol. The Kier molecular flexibility index (Phi) is 5.38. The first-order valence-electron chi connectivity index (χ1n) is 8.78. The van der Waals surface area contributed by atoms with Crippen molar-refractivity contribution < 1.29 is 21.4 Å². The van der Waals surface area contributed by atoms with E-state index in [2.05, 4.69) is 76.2 Å². The highest BCUT2D eigenvalue weighted by molar-refractivity contribution is 6.02. The minimum Gasteiger partial charge on any atom is -1.00 e. The molecule has 0 fully saturated rings. The lowest BCUT2D eigenvalue weighted by atomic mass is 9.93. The van der Waals surface area contributed by atoms with Crippen LogP contribution in [-0.2, 0) is 0 Å². The van der Waals surface area contributed by atoms with Crippen LogP contribution >= 0.6 is 0 Å². The van der Waals surface area contributed by atoms with Gasteiger partial charge in [-0.05, 0) is 23.8 Å². The van der Waals surface area contributed by atoms with E-state index in [0.717, 1.165) is 33.3 Å². The second-order valence-electron chi connectivity index (χ2n) is 6.99. The number of anilines is 1. The molecule has 2 aromatic rings. The van der Waals surface area contributed by atoms with E-state index in [1.54, 1.807) is 0 Å². The van der Waals surface area contributed by atoms with E-state index in [1.165, 1.54) is 11.1 Å². The molecule has 0 saturated carbocycles. The van der Waals surface area contributed by atoms with E-state index >= 15 is 0 Å². The maximum absolute atomic E-state index is 6.34. The van der Waals surface area contributed by atoms with Gasteiger partial charge in [0.1, 0.15) is 25.4 Å². The Balaban J connectivity index is 0.00000210. The number of hydrogen-bond donors (Lipinski definition) is 0. The number of hydrogen-bond acceptors (Lipinski definition) is 2. The largest absolute Gasteiger partial charge is 1.00 e. The molecule has 27 heavy (non-hydrogen) atoms. The summed E-state index contributed by atoms with van der Waals surface area (Å²) in [7, 11) is 8.18. The lowest BCUT2D eigenvalue weighted by Crippen LogP contribution is -3.00. The van der Waals surface area contributed by atoms with Crippen LogP contribution in [0.4, 0.5) is 5.69 Å². The van der Waals surface area contributed by atoms with Crippen LogP contribution in [0, 0.1) is 0 Å². The molecular weight excluding hydrogens is 400 g/mol. The van der Waals surface area contributed by atoms with Gasteiger partial charge >= 0.3 is 0 Å². The van der Waals surface area contributed by atoms with Gasteiger partial charge in [0, 0.05) is 48.4 Å². The monoisotopic (exact) mass is 422 g/mol. The van der Waals surface area contributed by atoms with Crippen LogP contribution in [0.2, 0.25) is 0 Å². The molecule has 3 nitrogen and oxygen atoms in total. The van der Waals surface area contributed by atoms with Crippen molar-refractivity contribution >= 4 is 16.7 Å². The molecule has 0 N–H and O–H groups in total. The van der Waals surface area contributed by atoms with Crippen LogP contribution in [0.5, 0.6) is 0 Å². The van der Waals surface area contributed by atoms with Gasteiger partial charge in [-0.1, -0.05) is 30.3 Å². The van der Waals surface area contributed by atoms with Crippen LogP contribution < -0.4 is 31.8 Å². The third kappa shape index (κ3) is 3.50. The maximum atomic E-state index is 6.34. The molecular formula is C23H23BrN2O. The Labute approximate surface area is 170 Å². The SMILES string of the molecule is CN(C)c1ccc2c(-c3ccccc3)c3ccc(=[N+](C)C)cc-3oc2c1.[Br-]. The van der Waals surface area contributed by atoms with Crippen molar-refractivity contribution in [2.45, 2.75) is 0 Å². The highest BCUT2D eigenvalue weighted by Gasteiger charge is 2.18. The summed E-state index contributed by atoms with van der Waals surface area (Å²) >= 11 is 0. The van der Waals surface area contributed by atoms with Crippen molar-refractivity contribution in [2.75, 3.05) is 33.1 Å². The quantitative estimate of drug-likeness (QED) is 0.358. The predicted octanol–water partition coefficient (Wildman–Crippen LogP) is 1.31. The molecule has 1 aliphatic heterocycles. The number of halogens is 1. The molecule has 0 radical (unpaired) electrons. The van der Waals surface area contributed by atoms with E-state index in [0.29, 0.717) is 0 Å². The van der Waals surface area contributed by atoms with E-state index < -0.39 is 0 Å². The first-order chi connectivity index (χ1) is 12.5. The fraction of sp³-hybridized carbons (Fsp3) is 0.174. The maximum Gasteiger partial charge on any atom is 0.203 e. The molecule has 0 aromatic heterocycles. The van der Waals surface area contributed by atoms with Crippen LogP contribution in [0.3, 0.4) is 0 Å². The Morgan fingerprint density at radius 2 is 1.59 bits per heavy atom. The van der Waals surface area contributed by atoms with Crippen molar-refractivity contribution in [2.24, 2.45) is 0 Å². The van der Waals surface area contributed by atoms with Crippen molar-refractivity contribution in [1.82, 2.24) is 4.58 Å². The summed E-state index contributed by atoms with van der Waals surface area (Å²) in [4.78, 5) is 2.09. The van der Waals surface area contributed by atoms with Crippen LogP contribution in [-0.4, -0.2) is 28.2 Å². The Morgan fingerprint density at radius 1 is 0.852 bits per heavy atom. The standard InChI is InChI=1S/C23H23N2O.BrH/c1-24(2)17-10-12-19-21(14-17)26-22-15-18(25(3)4)11-13-20(22)23(19)16-8-6-5-7-9-16;/h5-15H,1-4H3;1H/q+1;/p-1. The molecule has 0 saturated heterocycles. The van der Waals surface area contributed by atoms with E-state index in [-0.39, 0.29) is 17.0 Å². The lowest BCUT2D eigenvalue weighted by Gasteiger charge is -2.17. The number of fused-ring (bicyclic) bond motifs is 2. The zero-order valence-electron chi connectivity index (χ0n) is 16.0. The summed E-state index contributed by atoms with van der Waals surface area (Å²) < 4.78 is 8.43. The number of rotatable bonds is 2. The summed E-state index contributed by atoms with van der Waals surface area (Å²) in [6, 6.07) is 23.4. The molecule has 138 valence electrons. The summed E-state index contributed by atoms with van der Waals surface area (Å²) in [6.07, 6.45) is 0. The van der Waals surface area contributed by atoms with Gasteiger partial charge in [0.2, 0.25) is 5.36 Å². The van der Waals surface area contributed by atoms with Crippen molar-refractivity contribution in [1.29, 1.82) is 0 Å². The second kappa shape index (κ2) is 7.57. The van der Waals surface area contributed by atoms with Crippen LogP contribution in [0.15, 0.2) is 71.1 Å². The molecule has 0 atom stereocenters. The van der Waals surface area contributed by atoms with E-state index in [4.69, 9.17) is 4.42 Å². The molecule has 1 heterocycles. The Morgan fingerprint density at radius 3 is 2.26 bits per heavy atom. The first kappa shape index (κ1) is 19.2. The minimum atomic E-state index is 0. The summed E-state index contributed by atoms with van der Waals surface area (Å²) in [5.41, 5.74) is 5.58. The molecule has 0 unspecified atom stereocenters. The van der Waals surface area contributed by atoms with Gasteiger partial charge in [0.25, 0.3) is 0 Å². The first-order valence-corrected chi connectivity index (χ1v) is 8.78. The molecule has 4 rings (SSSR count). The van der Waals surface area contributed by atoms with Crippen molar-refractivity contribution in [3.63, 3.8) is 0 Å². The Hall–Kier alpha value is -2.59. The molecule has 0 amide bonds. The molecule has 2 aliphatic rings. The predicted molar refractivity (Wildman–Crippen MR) is 110 cm³/mol. The van der Waals surface area contributed by atoms with Gasteiger partial charge in [0.15, 0.2) is 0 Å². The normalized spacial score (nSPS) is 10.7. The summed E-state index contributed by atoms with van der Waals surface area (Å²) in [5, 5.41) is 2.26. The fourth-order valence-corrected chi connectivity index (χ4v) is 3.34. The topological polar surface area (TPSA) is 19.4 Å². The minimum absolute atomic E-state index is 0. The van der Waals surface area contributed by atoms with E-state index in [1.807, 2.05) is 28.2 Å². The van der Waals surface area contributed by atoms with Gasteiger partial charge in [0.05, 0.1) is 6.07 Å². The highest BCUT2D eigenvalue weighted by atomic mass is 79.9. The van der Waals surface area contributed by atoms with Gasteiger partial charge in [-0.2, -0.15) is 0 Å². The van der Waals surface area contributed by atoms with Crippen LogP contribution in [0.1, 0.15) is 0 Å². The van der Waals surface area contributed by atoms with E-state index in [9.17, 15) is 0 Å². The summed E-state index contributed by atoms with van der Waals surface area (Å²) in [5.74, 6) is 0.901.